The summed E-state index contributed by atoms with van der Waals surface area (Å²) in [4.78, 5) is 11.0. The number of aromatic nitrogens is 2. The van der Waals surface area contributed by atoms with Crippen molar-refractivity contribution in [3.8, 4) is 11.1 Å². The zero-order valence-corrected chi connectivity index (χ0v) is 13.8. The molecule has 0 radical (unpaired) electrons. The Bertz CT molecular complexity index is 1080. The van der Waals surface area contributed by atoms with E-state index >= 15 is 0 Å². The summed E-state index contributed by atoms with van der Waals surface area (Å²) in [6.07, 6.45) is -4.48. The fraction of sp³-hybridized carbons (Fsp3) is 0.0588. The second-order valence-electron chi connectivity index (χ2n) is 5.33. The number of aromatic amines is 1. The largest absolute Gasteiger partial charge is 0.416 e. The van der Waals surface area contributed by atoms with Crippen molar-refractivity contribution in [1.82, 2.24) is 10.2 Å². The van der Waals surface area contributed by atoms with Gasteiger partial charge in [-0.15, -0.1) is 0 Å². The van der Waals surface area contributed by atoms with Gasteiger partial charge in [0, 0.05) is 11.6 Å². The highest BCUT2D eigenvalue weighted by atomic mass is 32.2. The summed E-state index contributed by atoms with van der Waals surface area (Å²) in [5.74, 6) is 0. The lowest BCUT2D eigenvalue weighted by Crippen LogP contribution is -2.12. The van der Waals surface area contributed by atoms with Crippen LogP contribution in [-0.2, 0) is 16.0 Å². The Kier molecular flexibility index (Phi) is 4.41. The van der Waals surface area contributed by atoms with E-state index in [1.165, 1.54) is 30.3 Å². The van der Waals surface area contributed by atoms with Crippen LogP contribution in [0.3, 0.4) is 0 Å². The lowest BCUT2D eigenvalue weighted by molar-refractivity contribution is -0.137. The van der Waals surface area contributed by atoms with Crippen LogP contribution in [0.1, 0.15) is 5.56 Å². The van der Waals surface area contributed by atoms with Gasteiger partial charge in [-0.25, -0.2) is 13.5 Å². The number of nitrogens with zero attached hydrogens (tertiary/aromatic N) is 1. The Morgan fingerprint density at radius 1 is 0.885 bits per heavy atom. The van der Waals surface area contributed by atoms with Gasteiger partial charge < -0.3 is 0 Å². The van der Waals surface area contributed by atoms with E-state index < -0.39 is 27.1 Å². The number of H-pyrrole nitrogens is 1. The maximum absolute atomic E-state index is 12.8. The van der Waals surface area contributed by atoms with Crippen molar-refractivity contribution in [3.05, 3.63) is 76.6 Å². The van der Waals surface area contributed by atoms with Gasteiger partial charge in [0.05, 0.1) is 10.5 Å². The normalized spacial score (nSPS) is 12.1. The van der Waals surface area contributed by atoms with Gasteiger partial charge in [-0.1, -0.05) is 30.3 Å². The molecule has 5 nitrogen and oxygen atoms in total. The van der Waals surface area contributed by atoms with Crippen LogP contribution < -0.4 is 5.56 Å². The SMILES string of the molecule is O=c1ccc(S(=O)(=O)c2ccccc2-c2ccc(C(F)(F)F)cc2)n[nH]1. The average Bonchev–Trinajstić information content (AvgIpc) is 2.61. The Morgan fingerprint density at radius 2 is 1.54 bits per heavy atom. The molecular weight excluding hydrogens is 369 g/mol. The lowest BCUT2D eigenvalue weighted by Gasteiger charge is -2.11. The zero-order chi connectivity index (χ0) is 18.9. The minimum Gasteiger partial charge on any atom is -0.268 e. The van der Waals surface area contributed by atoms with Gasteiger partial charge in [-0.2, -0.15) is 18.3 Å². The molecule has 1 heterocycles. The molecule has 2 aromatic carbocycles. The molecule has 0 bridgehead atoms. The van der Waals surface area contributed by atoms with Crippen LogP contribution in [0.2, 0.25) is 0 Å². The second kappa shape index (κ2) is 6.41. The fourth-order valence-electron chi connectivity index (χ4n) is 2.37. The molecule has 0 spiro atoms. The number of alkyl halides is 3. The number of benzene rings is 2. The Labute approximate surface area is 146 Å². The fourth-order valence-corrected chi connectivity index (χ4v) is 3.74. The first kappa shape index (κ1) is 17.9. The van der Waals surface area contributed by atoms with Crippen molar-refractivity contribution in [2.45, 2.75) is 16.1 Å². The van der Waals surface area contributed by atoms with Gasteiger partial charge in [-0.05, 0) is 29.8 Å². The molecule has 0 aliphatic rings. The minimum absolute atomic E-state index is 0.126. The maximum Gasteiger partial charge on any atom is 0.416 e. The zero-order valence-electron chi connectivity index (χ0n) is 13.0. The van der Waals surface area contributed by atoms with E-state index in [1.54, 1.807) is 6.07 Å². The average molecular weight is 380 g/mol. The van der Waals surface area contributed by atoms with Crippen LogP contribution in [0.4, 0.5) is 13.2 Å². The molecule has 0 saturated heterocycles. The summed E-state index contributed by atoms with van der Waals surface area (Å²) in [6.45, 7) is 0. The van der Waals surface area contributed by atoms with Crippen molar-refractivity contribution in [1.29, 1.82) is 0 Å². The van der Waals surface area contributed by atoms with Crippen LogP contribution in [0.15, 0.2) is 75.4 Å². The maximum atomic E-state index is 12.8. The highest BCUT2D eigenvalue weighted by molar-refractivity contribution is 7.91. The number of hydrogen-bond donors (Lipinski definition) is 1. The summed E-state index contributed by atoms with van der Waals surface area (Å²) >= 11 is 0. The third-order valence-electron chi connectivity index (χ3n) is 3.63. The van der Waals surface area contributed by atoms with Gasteiger partial charge in [0.25, 0.3) is 5.56 Å². The molecule has 3 aromatic rings. The predicted octanol–water partition coefficient (Wildman–Crippen LogP) is 3.29. The molecule has 9 heteroatoms. The molecule has 0 fully saturated rings. The first-order chi connectivity index (χ1) is 12.2. The van der Waals surface area contributed by atoms with Crippen LogP contribution in [0.5, 0.6) is 0 Å². The molecule has 0 saturated carbocycles. The molecular formula is C17H11F3N2O3S. The third kappa shape index (κ3) is 3.38. The van der Waals surface area contributed by atoms with Crippen molar-refractivity contribution in [2.24, 2.45) is 0 Å². The summed E-state index contributed by atoms with van der Waals surface area (Å²) in [6, 6.07) is 12.2. The standard InChI is InChI=1S/C17H11F3N2O3S/c18-17(19,20)12-7-5-11(6-8-12)13-3-1-2-4-14(13)26(24,25)16-10-9-15(23)21-22-16/h1-10H,(H,21,23). The number of hydrogen-bond acceptors (Lipinski definition) is 4. The van der Waals surface area contributed by atoms with E-state index in [0.717, 1.165) is 24.3 Å². The molecule has 0 atom stereocenters. The first-order valence-electron chi connectivity index (χ1n) is 7.27. The van der Waals surface area contributed by atoms with E-state index in [0.29, 0.717) is 5.56 Å². The topological polar surface area (TPSA) is 79.9 Å². The van der Waals surface area contributed by atoms with Gasteiger partial charge >= 0.3 is 6.18 Å². The predicted molar refractivity (Wildman–Crippen MR) is 87.2 cm³/mol. The third-order valence-corrected chi connectivity index (χ3v) is 5.34. The van der Waals surface area contributed by atoms with Gasteiger partial charge in [0.2, 0.25) is 9.84 Å². The van der Waals surface area contributed by atoms with E-state index in [-0.39, 0.29) is 15.5 Å². The molecule has 0 amide bonds. The van der Waals surface area contributed by atoms with Crippen molar-refractivity contribution >= 4 is 9.84 Å². The van der Waals surface area contributed by atoms with Crippen LogP contribution >= 0.6 is 0 Å². The summed E-state index contributed by atoms with van der Waals surface area (Å²) in [5.41, 5.74) is -0.848. The number of rotatable bonds is 3. The minimum atomic E-state index is -4.48. The molecule has 26 heavy (non-hydrogen) atoms. The van der Waals surface area contributed by atoms with Crippen molar-refractivity contribution in [3.63, 3.8) is 0 Å². The van der Waals surface area contributed by atoms with E-state index in [4.69, 9.17) is 0 Å². The lowest BCUT2D eigenvalue weighted by atomic mass is 10.0. The monoisotopic (exact) mass is 380 g/mol. The smallest absolute Gasteiger partial charge is 0.268 e. The number of halogens is 3. The molecule has 0 aliphatic heterocycles. The Morgan fingerprint density at radius 3 is 2.12 bits per heavy atom. The number of nitrogens with one attached hydrogen (secondary N) is 1. The van der Waals surface area contributed by atoms with Crippen LogP contribution in [-0.4, -0.2) is 18.6 Å². The highest BCUT2D eigenvalue weighted by Crippen LogP contribution is 2.34. The Balaban J connectivity index is 2.12. The molecule has 3 rings (SSSR count). The van der Waals surface area contributed by atoms with Crippen LogP contribution in [0, 0.1) is 0 Å². The summed E-state index contributed by atoms with van der Waals surface area (Å²) < 4.78 is 63.7. The van der Waals surface area contributed by atoms with E-state index in [1.807, 2.05) is 5.10 Å². The van der Waals surface area contributed by atoms with Gasteiger partial charge in [0.15, 0.2) is 5.03 Å². The highest BCUT2D eigenvalue weighted by Gasteiger charge is 2.30. The van der Waals surface area contributed by atoms with E-state index in [2.05, 4.69) is 5.10 Å². The van der Waals surface area contributed by atoms with Gasteiger partial charge in [-0.3, -0.25) is 4.79 Å². The van der Waals surface area contributed by atoms with Crippen molar-refractivity contribution < 1.29 is 21.6 Å². The van der Waals surface area contributed by atoms with E-state index in [9.17, 15) is 26.4 Å². The molecule has 0 aliphatic carbocycles. The van der Waals surface area contributed by atoms with Crippen molar-refractivity contribution in [2.75, 3.05) is 0 Å². The quantitative estimate of drug-likeness (QED) is 0.756. The first-order valence-corrected chi connectivity index (χ1v) is 8.75. The van der Waals surface area contributed by atoms with Gasteiger partial charge in [0.1, 0.15) is 0 Å². The summed E-state index contributed by atoms with van der Waals surface area (Å²) in [7, 11) is -4.08. The van der Waals surface area contributed by atoms with Crippen LogP contribution in [0.25, 0.3) is 11.1 Å². The Hall–Kier alpha value is -2.94. The molecule has 0 unspecified atom stereocenters. The second-order valence-corrected chi connectivity index (χ2v) is 7.20. The molecule has 134 valence electrons. The molecule has 1 aromatic heterocycles. The number of sulfone groups is 1. The summed E-state index contributed by atoms with van der Waals surface area (Å²) in [5, 5.41) is 5.22. The molecule has 1 N–H and O–H groups in total.